The molecular weight excluding hydrogens is 224 g/mol. The van der Waals surface area contributed by atoms with Crippen LogP contribution in [0.25, 0.3) is 0 Å². The first kappa shape index (κ1) is 12.5. The number of likely N-dealkylation sites (N-methyl/N-ethyl adjacent to an activating group) is 1. The fourth-order valence-electron chi connectivity index (χ4n) is 1.19. The topological polar surface area (TPSA) is 77.8 Å². The molecule has 0 aliphatic heterocycles. The van der Waals surface area contributed by atoms with Crippen LogP contribution in [-0.2, 0) is 4.79 Å². The molecule has 1 amide bonds. The highest BCUT2D eigenvalue weighted by molar-refractivity contribution is 7.10. The van der Waals surface area contributed by atoms with Crippen molar-refractivity contribution in [1.82, 2.24) is 9.69 Å². The molecule has 1 unspecified atom stereocenters. The van der Waals surface area contributed by atoms with Crippen molar-refractivity contribution in [2.75, 3.05) is 11.9 Å². The molecule has 0 fully saturated rings. The second-order valence-corrected chi connectivity index (χ2v) is 4.12. The van der Waals surface area contributed by atoms with Gasteiger partial charge >= 0.3 is 0 Å². The Bertz CT molecular complexity index is 421. The molecule has 6 heteroatoms. The molecule has 0 saturated carbocycles. The third-order valence-electron chi connectivity index (χ3n) is 2.07. The molecule has 1 heterocycles. The average molecular weight is 238 g/mol. The zero-order valence-corrected chi connectivity index (χ0v) is 10.3. The highest BCUT2D eigenvalue weighted by Gasteiger charge is 2.16. The van der Waals surface area contributed by atoms with Gasteiger partial charge in [0.05, 0.1) is 5.69 Å². The van der Waals surface area contributed by atoms with Crippen molar-refractivity contribution in [1.29, 1.82) is 5.26 Å². The number of nitrogens with zero attached hydrogens (tertiary/aromatic N) is 2. The molecule has 2 N–H and O–H groups in total. The monoisotopic (exact) mass is 238 g/mol. The van der Waals surface area contributed by atoms with E-state index in [4.69, 9.17) is 5.26 Å². The summed E-state index contributed by atoms with van der Waals surface area (Å²) in [5, 5.41) is 15.3. The number of hydrogen-bond donors (Lipinski definition) is 2. The fraction of sp³-hybridized carbons (Fsp3) is 0.500. The van der Waals surface area contributed by atoms with Gasteiger partial charge in [0.25, 0.3) is 0 Å². The molecular formula is C10H14N4OS. The van der Waals surface area contributed by atoms with Gasteiger partial charge in [-0.2, -0.15) is 9.64 Å². The van der Waals surface area contributed by atoms with E-state index >= 15 is 0 Å². The van der Waals surface area contributed by atoms with Gasteiger partial charge in [-0.25, -0.2) is 0 Å². The maximum Gasteiger partial charge on any atom is 0.242 e. The largest absolute Gasteiger partial charge is 0.363 e. The molecule has 0 aromatic carbocycles. The molecule has 0 radical (unpaired) electrons. The summed E-state index contributed by atoms with van der Waals surface area (Å²) in [5.74, 6) is -0.0857. The van der Waals surface area contributed by atoms with Crippen LogP contribution >= 0.6 is 11.5 Å². The van der Waals surface area contributed by atoms with Crippen LogP contribution in [0.1, 0.15) is 25.1 Å². The lowest BCUT2D eigenvalue weighted by atomic mass is 10.2. The Labute approximate surface area is 98.6 Å². The minimum Gasteiger partial charge on any atom is -0.363 e. The smallest absolute Gasteiger partial charge is 0.242 e. The van der Waals surface area contributed by atoms with Crippen LogP contribution in [0.2, 0.25) is 0 Å². The van der Waals surface area contributed by atoms with E-state index in [-0.39, 0.29) is 11.9 Å². The maximum absolute atomic E-state index is 11.5. The van der Waals surface area contributed by atoms with Gasteiger partial charge in [0.2, 0.25) is 5.91 Å². The van der Waals surface area contributed by atoms with Crippen molar-refractivity contribution < 1.29 is 4.79 Å². The van der Waals surface area contributed by atoms with E-state index in [9.17, 15) is 4.79 Å². The lowest BCUT2D eigenvalue weighted by molar-refractivity contribution is -0.121. The predicted octanol–water partition coefficient (Wildman–Crippen LogP) is 1.26. The number of nitriles is 1. The molecule has 0 saturated heterocycles. The average Bonchev–Trinajstić information content (AvgIpc) is 2.59. The van der Waals surface area contributed by atoms with Crippen LogP contribution in [0.3, 0.4) is 0 Å². The second-order valence-electron chi connectivity index (χ2n) is 3.34. The van der Waals surface area contributed by atoms with Gasteiger partial charge in [0.15, 0.2) is 0 Å². The van der Waals surface area contributed by atoms with Crippen molar-refractivity contribution in [2.45, 2.75) is 26.8 Å². The maximum atomic E-state index is 11.5. The zero-order valence-electron chi connectivity index (χ0n) is 9.50. The predicted molar refractivity (Wildman–Crippen MR) is 63.3 cm³/mol. The van der Waals surface area contributed by atoms with E-state index < -0.39 is 0 Å². The first-order valence-corrected chi connectivity index (χ1v) is 5.78. The number of aryl methyl sites for hydroxylation is 1. The molecule has 16 heavy (non-hydrogen) atoms. The summed E-state index contributed by atoms with van der Waals surface area (Å²) in [6.07, 6.45) is 0. The van der Waals surface area contributed by atoms with Crippen LogP contribution in [0.5, 0.6) is 0 Å². The molecule has 1 aromatic rings. The summed E-state index contributed by atoms with van der Waals surface area (Å²) in [5.41, 5.74) is 1.21. The summed E-state index contributed by atoms with van der Waals surface area (Å²) >= 11 is 1.20. The summed E-state index contributed by atoms with van der Waals surface area (Å²) in [6.45, 7) is 5.98. The lowest BCUT2D eigenvalue weighted by Gasteiger charge is -2.12. The Kier molecular flexibility index (Phi) is 4.26. The number of aromatic nitrogens is 1. The van der Waals surface area contributed by atoms with Crippen LogP contribution in [0.4, 0.5) is 5.00 Å². The quantitative estimate of drug-likeness (QED) is 0.827. The van der Waals surface area contributed by atoms with Crippen molar-refractivity contribution in [3.63, 3.8) is 0 Å². The van der Waals surface area contributed by atoms with Gasteiger partial charge in [-0.15, -0.1) is 0 Å². The normalized spacial score (nSPS) is 11.6. The number of hydrogen-bond acceptors (Lipinski definition) is 5. The molecule has 0 spiro atoms. The molecule has 1 rings (SSSR count). The first-order chi connectivity index (χ1) is 7.60. The van der Waals surface area contributed by atoms with Crippen molar-refractivity contribution >= 4 is 22.4 Å². The van der Waals surface area contributed by atoms with Crippen LogP contribution < -0.4 is 10.6 Å². The number of nitrogens with one attached hydrogen (secondary N) is 2. The van der Waals surface area contributed by atoms with E-state index in [1.54, 1.807) is 13.8 Å². The van der Waals surface area contributed by atoms with Crippen molar-refractivity contribution in [2.24, 2.45) is 0 Å². The van der Waals surface area contributed by atoms with E-state index in [1.165, 1.54) is 11.5 Å². The van der Waals surface area contributed by atoms with Gasteiger partial charge in [0.1, 0.15) is 22.7 Å². The Balaban J connectivity index is 2.74. The summed E-state index contributed by atoms with van der Waals surface area (Å²) < 4.78 is 4.07. The Morgan fingerprint density at radius 1 is 1.69 bits per heavy atom. The van der Waals surface area contributed by atoms with E-state index in [0.29, 0.717) is 22.8 Å². The second kappa shape index (κ2) is 5.47. The minimum absolute atomic E-state index is 0.0857. The number of anilines is 1. The Morgan fingerprint density at radius 2 is 2.38 bits per heavy atom. The molecule has 1 aromatic heterocycles. The number of rotatable bonds is 4. The van der Waals surface area contributed by atoms with E-state index in [2.05, 4.69) is 21.1 Å². The third-order valence-corrected chi connectivity index (χ3v) is 2.94. The Morgan fingerprint density at radius 3 is 2.94 bits per heavy atom. The third kappa shape index (κ3) is 2.70. The van der Waals surface area contributed by atoms with Crippen LogP contribution in [0.15, 0.2) is 0 Å². The standard InChI is InChI=1S/C10H14N4OS/c1-4-12-9(15)7(3)13-10-8(5-11)6(2)14-16-10/h7,13H,4H2,1-3H3,(H,12,15). The highest BCUT2D eigenvalue weighted by atomic mass is 32.1. The summed E-state index contributed by atoms with van der Waals surface area (Å²) in [7, 11) is 0. The summed E-state index contributed by atoms with van der Waals surface area (Å²) in [4.78, 5) is 11.5. The van der Waals surface area contributed by atoms with E-state index in [0.717, 1.165) is 0 Å². The Hall–Kier alpha value is -1.61. The zero-order chi connectivity index (χ0) is 12.1. The lowest BCUT2D eigenvalue weighted by Crippen LogP contribution is -2.37. The van der Waals surface area contributed by atoms with Crippen molar-refractivity contribution in [3.05, 3.63) is 11.3 Å². The van der Waals surface area contributed by atoms with Gasteiger partial charge in [0, 0.05) is 6.54 Å². The van der Waals surface area contributed by atoms with Gasteiger partial charge in [-0.1, -0.05) is 0 Å². The molecule has 0 bridgehead atoms. The SMILES string of the molecule is CCNC(=O)C(C)Nc1snc(C)c1C#N. The number of carbonyl (C=O) groups is 1. The van der Waals surface area contributed by atoms with Gasteiger partial charge in [-0.3, -0.25) is 4.79 Å². The molecule has 1 atom stereocenters. The highest BCUT2D eigenvalue weighted by Crippen LogP contribution is 2.23. The molecule has 0 aliphatic rings. The number of carbonyl (C=O) groups excluding carboxylic acids is 1. The minimum atomic E-state index is -0.369. The van der Waals surface area contributed by atoms with E-state index in [1.807, 2.05) is 6.92 Å². The van der Waals surface area contributed by atoms with Crippen LogP contribution in [0, 0.1) is 18.3 Å². The molecule has 0 aliphatic carbocycles. The van der Waals surface area contributed by atoms with Gasteiger partial charge < -0.3 is 10.6 Å². The molecule has 5 nitrogen and oxygen atoms in total. The van der Waals surface area contributed by atoms with Crippen LogP contribution in [-0.4, -0.2) is 22.9 Å². The summed E-state index contributed by atoms with van der Waals surface area (Å²) in [6, 6.07) is 1.71. The van der Waals surface area contributed by atoms with Gasteiger partial charge in [-0.05, 0) is 32.3 Å². The van der Waals surface area contributed by atoms with Crippen molar-refractivity contribution in [3.8, 4) is 6.07 Å². The fourth-order valence-corrected chi connectivity index (χ4v) is 2.02. The first-order valence-electron chi connectivity index (χ1n) is 5.00. The molecule has 86 valence electrons. The number of amides is 1.